The summed E-state index contributed by atoms with van der Waals surface area (Å²) < 4.78 is 27.7. The number of hydrogen-bond acceptors (Lipinski definition) is 2. The van der Waals surface area contributed by atoms with E-state index in [1.807, 2.05) is 50.2 Å². The Balaban J connectivity index is 2.14. The SMILES string of the molecule is Cc1ccc(C)c(S(=O)(=O)N2CCCc3ccccc32)c1. The fraction of sp³-hybridized carbons (Fsp3) is 0.294. The molecule has 3 nitrogen and oxygen atoms in total. The maximum absolute atomic E-state index is 13.0. The summed E-state index contributed by atoms with van der Waals surface area (Å²) in [5.41, 5.74) is 3.69. The minimum Gasteiger partial charge on any atom is -0.266 e. The molecule has 0 bridgehead atoms. The van der Waals surface area contributed by atoms with Gasteiger partial charge in [-0.25, -0.2) is 8.42 Å². The molecule has 2 aromatic rings. The summed E-state index contributed by atoms with van der Waals surface area (Å²) in [6, 6.07) is 13.4. The third-order valence-corrected chi connectivity index (χ3v) is 5.93. The highest BCUT2D eigenvalue weighted by Gasteiger charge is 2.29. The van der Waals surface area contributed by atoms with E-state index in [1.54, 1.807) is 10.4 Å². The van der Waals surface area contributed by atoms with Gasteiger partial charge in [0.2, 0.25) is 0 Å². The molecule has 3 rings (SSSR count). The molecule has 0 N–H and O–H groups in total. The van der Waals surface area contributed by atoms with Crippen LogP contribution in [-0.2, 0) is 16.4 Å². The topological polar surface area (TPSA) is 37.4 Å². The van der Waals surface area contributed by atoms with Crippen LogP contribution in [0.15, 0.2) is 47.4 Å². The fourth-order valence-corrected chi connectivity index (χ4v) is 4.71. The first kappa shape index (κ1) is 14.1. The van der Waals surface area contributed by atoms with Crippen LogP contribution in [0.2, 0.25) is 0 Å². The van der Waals surface area contributed by atoms with Crippen molar-refractivity contribution in [2.24, 2.45) is 0 Å². The third-order valence-electron chi connectivity index (χ3n) is 3.98. The van der Waals surface area contributed by atoms with Gasteiger partial charge in [0.15, 0.2) is 0 Å². The van der Waals surface area contributed by atoms with Crippen molar-refractivity contribution in [2.45, 2.75) is 31.6 Å². The predicted molar refractivity (Wildman–Crippen MR) is 85.2 cm³/mol. The lowest BCUT2D eigenvalue weighted by atomic mass is 10.0. The second kappa shape index (κ2) is 5.19. The smallest absolute Gasteiger partial charge is 0.264 e. The lowest BCUT2D eigenvalue weighted by Crippen LogP contribution is -2.35. The van der Waals surface area contributed by atoms with Gasteiger partial charge in [0.1, 0.15) is 0 Å². The highest BCUT2D eigenvalue weighted by Crippen LogP contribution is 2.32. The van der Waals surface area contributed by atoms with Gasteiger partial charge in [-0.3, -0.25) is 4.31 Å². The van der Waals surface area contributed by atoms with Crippen LogP contribution in [0.4, 0.5) is 5.69 Å². The maximum Gasteiger partial charge on any atom is 0.264 e. The van der Waals surface area contributed by atoms with Crippen LogP contribution in [0.25, 0.3) is 0 Å². The number of anilines is 1. The average Bonchev–Trinajstić information content (AvgIpc) is 2.49. The summed E-state index contributed by atoms with van der Waals surface area (Å²) in [7, 11) is -3.50. The van der Waals surface area contributed by atoms with Crippen LogP contribution in [-0.4, -0.2) is 15.0 Å². The predicted octanol–water partition coefficient (Wildman–Crippen LogP) is 3.44. The highest BCUT2D eigenvalue weighted by molar-refractivity contribution is 7.92. The Hall–Kier alpha value is -1.81. The van der Waals surface area contributed by atoms with Crippen LogP contribution in [0.3, 0.4) is 0 Å². The molecular formula is C17H19NO2S. The van der Waals surface area contributed by atoms with Crippen LogP contribution in [0, 0.1) is 13.8 Å². The van der Waals surface area contributed by atoms with Gasteiger partial charge in [-0.2, -0.15) is 0 Å². The van der Waals surface area contributed by atoms with E-state index < -0.39 is 10.0 Å². The van der Waals surface area contributed by atoms with Crippen LogP contribution >= 0.6 is 0 Å². The normalized spacial score (nSPS) is 14.9. The molecule has 0 aromatic heterocycles. The Bertz CT molecular complexity index is 781. The number of hydrogen-bond donors (Lipinski definition) is 0. The molecule has 1 aliphatic rings. The lowest BCUT2D eigenvalue weighted by molar-refractivity contribution is 0.586. The number of rotatable bonds is 2. The molecular weight excluding hydrogens is 282 g/mol. The van der Waals surface area contributed by atoms with E-state index in [2.05, 4.69) is 0 Å². The quantitative estimate of drug-likeness (QED) is 0.852. The van der Waals surface area contributed by atoms with E-state index in [9.17, 15) is 8.42 Å². The van der Waals surface area contributed by atoms with Gasteiger partial charge in [-0.1, -0.05) is 30.3 Å². The molecule has 0 amide bonds. The van der Waals surface area contributed by atoms with Gasteiger partial charge in [-0.15, -0.1) is 0 Å². The number of fused-ring (bicyclic) bond motifs is 1. The van der Waals surface area contributed by atoms with Crippen LogP contribution in [0.5, 0.6) is 0 Å². The molecule has 110 valence electrons. The van der Waals surface area contributed by atoms with Gasteiger partial charge in [0.25, 0.3) is 10.0 Å². The summed E-state index contributed by atoms with van der Waals surface area (Å²) in [6.45, 7) is 4.32. The first-order valence-corrected chi connectivity index (χ1v) is 8.62. The molecule has 2 aromatic carbocycles. The summed E-state index contributed by atoms with van der Waals surface area (Å²) in [5.74, 6) is 0. The number of sulfonamides is 1. The molecule has 0 saturated heterocycles. The van der Waals surface area contributed by atoms with Crippen LogP contribution in [0.1, 0.15) is 23.1 Å². The molecule has 0 atom stereocenters. The van der Waals surface area contributed by atoms with Crippen molar-refractivity contribution < 1.29 is 8.42 Å². The van der Waals surface area contributed by atoms with E-state index in [-0.39, 0.29) is 0 Å². The molecule has 0 unspecified atom stereocenters. The number of nitrogens with zero attached hydrogens (tertiary/aromatic N) is 1. The Kier molecular flexibility index (Phi) is 3.49. The molecule has 1 aliphatic heterocycles. The molecule has 0 radical (unpaired) electrons. The van der Waals surface area contributed by atoms with Crippen molar-refractivity contribution >= 4 is 15.7 Å². The second-order valence-corrected chi connectivity index (χ2v) is 7.41. The Labute approximate surface area is 126 Å². The highest BCUT2D eigenvalue weighted by atomic mass is 32.2. The zero-order chi connectivity index (χ0) is 15.0. The van der Waals surface area contributed by atoms with E-state index in [0.717, 1.165) is 35.2 Å². The van der Waals surface area contributed by atoms with Crippen molar-refractivity contribution in [1.29, 1.82) is 0 Å². The van der Waals surface area contributed by atoms with E-state index in [4.69, 9.17) is 0 Å². The van der Waals surface area contributed by atoms with Crippen LogP contribution < -0.4 is 4.31 Å². The maximum atomic E-state index is 13.0. The van der Waals surface area contributed by atoms with Crippen molar-refractivity contribution in [3.8, 4) is 0 Å². The minimum atomic E-state index is -3.50. The van der Waals surface area contributed by atoms with Gasteiger partial charge in [0.05, 0.1) is 10.6 Å². The van der Waals surface area contributed by atoms with E-state index in [0.29, 0.717) is 11.4 Å². The number of para-hydroxylation sites is 1. The first-order valence-electron chi connectivity index (χ1n) is 7.18. The molecule has 4 heteroatoms. The molecule has 1 heterocycles. The monoisotopic (exact) mass is 301 g/mol. The summed E-state index contributed by atoms with van der Waals surface area (Å²) in [6.07, 6.45) is 1.80. The molecule has 0 fully saturated rings. The molecule has 0 aliphatic carbocycles. The van der Waals surface area contributed by atoms with Crippen molar-refractivity contribution in [2.75, 3.05) is 10.8 Å². The number of aryl methyl sites for hydroxylation is 3. The van der Waals surface area contributed by atoms with Crippen molar-refractivity contribution in [1.82, 2.24) is 0 Å². The third kappa shape index (κ3) is 2.44. The Morgan fingerprint density at radius 1 is 1.05 bits per heavy atom. The zero-order valence-corrected chi connectivity index (χ0v) is 13.2. The molecule has 0 spiro atoms. The summed E-state index contributed by atoms with van der Waals surface area (Å²) >= 11 is 0. The number of benzene rings is 2. The van der Waals surface area contributed by atoms with Gasteiger partial charge >= 0.3 is 0 Å². The van der Waals surface area contributed by atoms with Gasteiger partial charge < -0.3 is 0 Å². The summed E-state index contributed by atoms with van der Waals surface area (Å²) in [4.78, 5) is 0.416. The average molecular weight is 301 g/mol. The van der Waals surface area contributed by atoms with Crippen molar-refractivity contribution in [3.05, 3.63) is 59.2 Å². The summed E-state index contributed by atoms with van der Waals surface area (Å²) in [5, 5.41) is 0. The molecule has 21 heavy (non-hydrogen) atoms. The Morgan fingerprint density at radius 2 is 1.81 bits per heavy atom. The van der Waals surface area contributed by atoms with E-state index >= 15 is 0 Å². The first-order chi connectivity index (χ1) is 10.00. The fourth-order valence-electron chi connectivity index (χ4n) is 2.85. The largest absolute Gasteiger partial charge is 0.266 e. The van der Waals surface area contributed by atoms with Gasteiger partial charge in [0, 0.05) is 6.54 Å². The second-order valence-electron chi connectivity index (χ2n) is 5.58. The standard InChI is InChI=1S/C17H19NO2S/c1-13-9-10-14(2)17(12-13)21(19,20)18-11-5-7-15-6-3-4-8-16(15)18/h3-4,6,8-10,12H,5,7,11H2,1-2H3. The van der Waals surface area contributed by atoms with Gasteiger partial charge in [-0.05, 0) is 55.5 Å². The zero-order valence-electron chi connectivity index (χ0n) is 12.3. The lowest BCUT2D eigenvalue weighted by Gasteiger charge is -2.31. The van der Waals surface area contributed by atoms with Crippen molar-refractivity contribution in [3.63, 3.8) is 0 Å². The molecule has 0 saturated carbocycles. The van der Waals surface area contributed by atoms with E-state index in [1.165, 1.54) is 0 Å². The Morgan fingerprint density at radius 3 is 2.62 bits per heavy atom. The minimum absolute atomic E-state index is 0.416.